The van der Waals surface area contributed by atoms with Crippen LogP contribution < -0.4 is 14.8 Å². The number of nitrogens with zero attached hydrogens (tertiary/aromatic N) is 2. The highest BCUT2D eigenvalue weighted by molar-refractivity contribution is 7.92. The third kappa shape index (κ3) is 5.69. The van der Waals surface area contributed by atoms with Crippen molar-refractivity contribution in [2.45, 2.75) is 25.3 Å². The maximum atomic E-state index is 13.3. The van der Waals surface area contributed by atoms with Gasteiger partial charge in [-0.3, -0.25) is 14.2 Å². The number of carbonyl (C=O) groups excluding carboxylic acids is 1. The van der Waals surface area contributed by atoms with Gasteiger partial charge in [-0.05, 0) is 60.9 Å². The number of carbonyl (C=O) groups is 1. The van der Waals surface area contributed by atoms with Crippen molar-refractivity contribution in [3.8, 4) is 5.75 Å². The second-order valence-electron chi connectivity index (χ2n) is 8.25. The minimum atomic E-state index is -4.00. The standard InChI is InChI=1S/C26H25ClN4O4S/c1-17-5-4-6-18(2)25(17)30-36(33,34)24-13-22(11-12-23(24)35-3)29-26(32)20-9-7-19(8-10-20)15-31-16-21(27)14-28-31/h4-14,16,30H,15H2,1-3H3,(H,29,32). The summed E-state index contributed by atoms with van der Waals surface area (Å²) in [5.41, 5.74) is 3.78. The van der Waals surface area contributed by atoms with Gasteiger partial charge in [-0.15, -0.1) is 0 Å². The Bertz CT molecular complexity index is 1500. The summed E-state index contributed by atoms with van der Waals surface area (Å²) in [6.07, 6.45) is 3.27. The molecule has 0 aliphatic rings. The molecule has 2 N–H and O–H groups in total. The van der Waals surface area contributed by atoms with E-state index >= 15 is 0 Å². The van der Waals surface area contributed by atoms with Gasteiger partial charge >= 0.3 is 0 Å². The number of nitrogens with one attached hydrogen (secondary N) is 2. The van der Waals surface area contributed by atoms with Crippen LogP contribution in [0, 0.1) is 13.8 Å². The lowest BCUT2D eigenvalue weighted by atomic mass is 10.1. The summed E-state index contributed by atoms with van der Waals surface area (Å²) in [6.45, 7) is 4.17. The molecule has 8 nitrogen and oxygen atoms in total. The zero-order valence-electron chi connectivity index (χ0n) is 19.9. The molecule has 1 heterocycles. The van der Waals surface area contributed by atoms with E-state index in [1.54, 1.807) is 35.3 Å². The number of hydrogen-bond donors (Lipinski definition) is 2. The molecule has 186 valence electrons. The van der Waals surface area contributed by atoms with Crippen molar-refractivity contribution >= 4 is 38.9 Å². The highest BCUT2D eigenvalue weighted by atomic mass is 35.5. The molecule has 0 unspecified atom stereocenters. The highest BCUT2D eigenvalue weighted by Gasteiger charge is 2.22. The van der Waals surface area contributed by atoms with Gasteiger partial charge in [0.15, 0.2) is 0 Å². The average molecular weight is 525 g/mol. The minimum Gasteiger partial charge on any atom is -0.495 e. The Hall–Kier alpha value is -3.82. The fourth-order valence-electron chi connectivity index (χ4n) is 3.71. The predicted octanol–water partition coefficient (Wildman–Crippen LogP) is 5.26. The van der Waals surface area contributed by atoms with Gasteiger partial charge in [-0.2, -0.15) is 5.10 Å². The van der Waals surface area contributed by atoms with Crippen molar-refractivity contribution in [1.82, 2.24) is 9.78 Å². The lowest BCUT2D eigenvalue weighted by Gasteiger charge is -2.16. The van der Waals surface area contributed by atoms with E-state index in [2.05, 4.69) is 15.1 Å². The van der Waals surface area contributed by atoms with Crippen LogP contribution in [0.4, 0.5) is 11.4 Å². The van der Waals surface area contributed by atoms with Crippen LogP contribution >= 0.6 is 11.6 Å². The van der Waals surface area contributed by atoms with Gasteiger partial charge in [0.1, 0.15) is 10.6 Å². The number of anilines is 2. The van der Waals surface area contributed by atoms with E-state index in [0.29, 0.717) is 28.5 Å². The van der Waals surface area contributed by atoms with Crippen LogP contribution in [0.15, 0.2) is 78.0 Å². The molecule has 4 rings (SSSR count). The summed E-state index contributed by atoms with van der Waals surface area (Å²) >= 11 is 5.90. The molecule has 0 aliphatic carbocycles. The topological polar surface area (TPSA) is 102 Å². The molecule has 0 saturated carbocycles. The molecule has 1 aromatic heterocycles. The average Bonchev–Trinajstić information content (AvgIpc) is 3.26. The number of hydrogen-bond acceptors (Lipinski definition) is 5. The zero-order chi connectivity index (χ0) is 25.9. The van der Waals surface area contributed by atoms with E-state index < -0.39 is 10.0 Å². The Morgan fingerprint density at radius 2 is 1.75 bits per heavy atom. The Morgan fingerprint density at radius 3 is 2.36 bits per heavy atom. The number of halogens is 1. The van der Waals surface area contributed by atoms with E-state index in [1.165, 1.54) is 19.2 Å². The summed E-state index contributed by atoms with van der Waals surface area (Å²) in [7, 11) is -2.61. The Labute approximate surface area is 214 Å². The molecule has 0 saturated heterocycles. The lowest BCUT2D eigenvalue weighted by molar-refractivity contribution is 0.102. The van der Waals surface area contributed by atoms with Gasteiger partial charge in [0.25, 0.3) is 15.9 Å². The van der Waals surface area contributed by atoms with E-state index in [9.17, 15) is 13.2 Å². The molecule has 0 radical (unpaired) electrons. The number of ether oxygens (including phenoxy) is 1. The number of aryl methyl sites for hydroxylation is 2. The number of aromatic nitrogens is 2. The third-order valence-corrected chi connectivity index (χ3v) is 7.16. The molecule has 3 aromatic carbocycles. The number of benzene rings is 3. The number of sulfonamides is 1. The molecule has 1 amide bonds. The highest BCUT2D eigenvalue weighted by Crippen LogP contribution is 2.31. The summed E-state index contributed by atoms with van der Waals surface area (Å²) < 4.78 is 36.2. The first-order valence-corrected chi connectivity index (χ1v) is 12.9. The summed E-state index contributed by atoms with van der Waals surface area (Å²) in [4.78, 5) is 12.8. The van der Waals surface area contributed by atoms with Crippen molar-refractivity contribution in [1.29, 1.82) is 0 Å². The summed E-state index contributed by atoms with van der Waals surface area (Å²) in [5.74, 6) is -0.213. The van der Waals surface area contributed by atoms with Gasteiger partial charge in [-0.25, -0.2) is 8.42 Å². The molecule has 0 aliphatic heterocycles. The fraction of sp³-hybridized carbons (Fsp3) is 0.154. The molecule has 0 bridgehead atoms. The van der Waals surface area contributed by atoms with E-state index in [-0.39, 0.29) is 16.6 Å². The zero-order valence-corrected chi connectivity index (χ0v) is 21.5. The summed E-state index contributed by atoms with van der Waals surface area (Å²) in [6, 6.07) is 17.0. The lowest BCUT2D eigenvalue weighted by Crippen LogP contribution is -2.17. The third-order valence-electron chi connectivity index (χ3n) is 5.59. The molecule has 0 atom stereocenters. The van der Waals surface area contributed by atoms with Crippen LogP contribution in [0.3, 0.4) is 0 Å². The quantitative estimate of drug-likeness (QED) is 0.327. The molecule has 36 heavy (non-hydrogen) atoms. The molecule has 0 fully saturated rings. The normalized spacial score (nSPS) is 11.2. The number of rotatable bonds is 8. The van der Waals surface area contributed by atoms with E-state index in [0.717, 1.165) is 16.7 Å². The Balaban J connectivity index is 1.53. The smallest absolute Gasteiger partial charge is 0.265 e. The van der Waals surface area contributed by atoms with Crippen LogP contribution in [-0.2, 0) is 16.6 Å². The monoisotopic (exact) mass is 524 g/mol. The van der Waals surface area contributed by atoms with Crippen LogP contribution in [-0.4, -0.2) is 31.2 Å². The SMILES string of the molecule is COc1ccc(NC(=O)c2ccc(Cn3cc(Cl)cn3)cc2)cc1S(=O)(=O)Nc1c(C)cccc1C. The number of methoxy groups -OCH3 is 1. The maximum Gasteiger partial charge on any atom is 0.265 e. The minimum absolute atomic E-state index is 0.0846. The van der Waals surface area contributed by atoms with Crippen molar-refractivity contribution in [3.05, 3.63) is 100 Å². The first kappa shape index (κ1) is 25.3. The van der Waals surface area contributed by atoms with Crippen molar-refractivity contribution in [2.75, 3.05) is 17.1 Å². The fourth-order valence-corrected chi connectivity index (χ4v) is 5.26. The van der Waals surface area contributed by atoms with Crippen molar-refractivity contribution < 1.29 is 17.9 Å². The van der Waals surface area contributed by atoms with E-state index in [1.807, 2.05) is 44.2 Å². The number of para-hydroxylation sites is 1. The van der Waals surface area contributed by atoms with Crippen molar-refractivity contribution in [3.63, 3.8) is 0 Å². The van der Waals surface area contributed by atoms with E-state index in [4.69, 9.17) is 16.3 Å². The van der Waals surface area contributed by atoms with Crippen LogP contribution in [0.5, 0.6) is 5.75 Å². The predicted molar refractivity (Wildman–Crippen MR) is 140 cm³/mol. The van der Waals surface area contributed by atoms with Gasteiger partial charge < -0.3 is 10.1 Å². The molecule has 10 heteroatoms. The van der Waals surface area contributed by atoms with Gasteiger partial charge in [0.05, 0.1) is 30.6 Å². The largest absolute Gasteiger partial charge is 0.495 e. The Morgan fingerprint density at radius 1 is 1.06 bits per heavy atom. The molecule has 0 spiro atoms. The van der Waals surface area contributed by atoms with Crippen LogP contribution in [0.25, 0.3) is 0 Å². The van der Waals surface area contributed by atoms with Gasteiger partial charge in [0, 0.05) is 17.4 Å². The molecular weight excluding hydrogens is 500 g/mol. The summed E-state index contributed by atoms with van der Waals surface area (Å²) in [5, 5.41) is 7.45. The first-order chi connectivity index (χ1) is 17.2. The van der Waals surface area contributed by atoms with Crippen LogP contribution in [0.1, 0.15) is 27.0 Å². The molecular formula is C26H25ClN4O4S. The van der Waals surface area contributed by atoms with Gasteiger partial charge in [0.2, 0.25) is 0 Å². The van der Waals surface area contributed by atoms with Crippen molar-refractivity contribution in [2.24, 2.45) is 0 Å². The first-order valence-electron chi connectivity index (χ1n) is 11.0. The Kier molecular flexibility index (Phi) is 7.32. The molecule has 4 aromatic rings. The van der Waals surface area contributed by atoms with Gasteiger partial charge in [-0.1, -0.05) is 41.9 Å². The van der Waals surface area contributed by atoms with Crippen LogP contribution in [0.2, 0.25) is 5.02 Å². The second kappa shape index (κ2) is 10.4. The maximum absolute atomic E-state index is 13.3. The number of amides is 1. The second-order valence-corrected chi connectivity index (χ2v) is 10.3.